The molecule has 0 radical (unpaired) electrons. The first-order valence-electron chi connectivity index (χ1n) is 6.78. The number of amidine groups is 1. The molecule has 1 aromatic rings. The molecule has 25 heavy (non-hydrogen) atoms. The SMILES string of the molecule is NC(=NC(=O)c1cscn1)[C@@H]1CC[C@@H]2CN1C(=O)N2OS(=O)(=O)[O-].[Na+]. The van der Waals surface area contributed by atoms with E-state index in [4.69, 9.17) is 5.73 Å². The van der Waals surface area contributed by atoms with Crippen LogP contribution in [0, 0.1) is 0 Å². The minimum absolute atomic E-state index is 0. The molecule has 11 nitrogen and oxygen atoms in total. The first kappa shape index (κ1) is 20.2. The van der Waals surface area contributed by atoms with Crippen molar-refractivity contribution in [2.75, 3.05) is 6.54 Å². The van der Waals surface area contributed by atoms with Crippen molar-refractivity contribution in [3.63, 3.8) is 0 Å². The van der Waals surface area contributed by atoms with Gasteiger partial charge in [-0.15, -0.1) is 11.3 Å². The fourth-order valence-electron chi connectivity index (χ4n) is 2.70. The van der Waals surface area contributed by atoms with Crippen LogP contribution in [0.3, 0.4) is 0 Å². The molecule has 2 atom stereocenters. The fraction of sp³-hybridized carbons (Fsp3) is 0.455. The van der Waals surface area contributed by atoms with E-state index in [0.29, 0.717) is 17.9 Å². The molecular formula is C11H12N5NaO6S2. The number of amides is 3. The summed E-state index contributed by atoms with van der Waals surface area (Å²) >= 11 is 1.23. The summed E-state index contributed by atoms with van der Waals surface area (Å²) in [5, 5.41) is 2.06. The number of thiazole rings is 1. The predicted molar refractivity (Wildman–Crippen MR) is 79.6 cm³/mol. The number of carbonyl (C=O) groups excluding carboxylic acids is 2. The van der Waals surface area contributed by atoms with Gasteiger partial charge in [0.05, 0.1) is 17.6 Å². The van der Waals surface area contributed by atoms with Crippen LogP contribution in [0.15, 0.2) is 15.9 Å². The molecule has 0 saturated carbocycles. The monoisotopic (exact) mass is 397 g/mol. The second kappa shape index (κ2) is 7.65. The standard InChI is InChI=1S/C11H13N5O6S2.Na/c12-9(14-10(17)7-4-23-5-13-7)8-2-1-6-3-15(8)11(18)16(6)22-24(19,20)21;/h4-6,8H,1-3H2,(H2,12,14,17)(H,19,20,21);/q;+1/p-1/t6-,8+;/m1./s1. The van der Waals surface area contributed by atoms with E-state index in [2.05, 4.69) is 14.3 Å². The zero-order chi connectivity index (χ0) is 17.5. The van der Waals surface area contributed by atoms with E-state index in [1.807, 2.05) is 0 Å². The maximum atomic E-state index is 12.2. The van der Waals surface area contributed by atoms with E-state index in [0.717, 1.165) is 0 Å². The van der Waals surface area contributed by atoms with E-state index in [9.17, 15) is 22.6 Å². The minimum atomic E-state index is -5.06. The van der Waals surface area contributed by atoms with Crippen molar-refractivity contribution < 1.29 is 56.4 Å². The Morgan fingerprint density at radius 3 is 2.80 bits per heavy atom. The summed E-state index contributed by atoms with van der Waals surface area (Å²) in [6.45, 7) is 0.125. The molecule has 1 aromatic heterocycles. The van der Waals surface area contributed by atoms with Gasteiger partial charge in [-0.25, -0.2) is 18.2 Å². The average Bonchev–Trinajstić information content (AvgIpc) is 3.11. The molecule has 2 saturated heterocycles. The van der Waals surface area contributed by atoms with Crippen LogP contribution in [0.4, 0.5) is 4.79 Å². The van der Waals surface area contributed by atoms with Gasteiger partial charge in [-0.3, -0.25) is 4.79 Å². The average molecular weight is 397 g/mol. The molecule has 2 N–H and O–H groups in total. The van der Waals surface area contributed by atoms with Gasteiger partial charge in [0.1, 0.15) is 11.5 Å². The Balaban J connectivity index is 0.00000225. The summed E-state index contributed by atoms with van der Waals surface area (Å²) in [6, 6.07) is -2.06. The van der Waals surface area contributed by atoms with Crippen molar-refractivity contribution in [2.45, 2.75) is 24.9 Å². The smallest absolute Gasteiger partial charge is 0.724 e. The molecule has 3 rings (SSSR count). The van der Waals surface area contributed by atoms with Crippen LogP contribution < -0.4 is 35.3 Å². The van der Waals surface area contributed by atoms with Crippen molar-refractivity contribution in [1.29, 1.82) is 0 Å². The number of nitrogens with zero attached hydrogens (tertiary/aromatic N) is 4. The van der Waals surface area contributed by atoms with Gasteiger partial charge in [0.25, 0.3) is 5.91 Å². The Labute approximate surface area is 169 Å². The molecule has 0 aromatic carbocycles. The molecule has 2 bridgehead atoms. The van der Waals surface area contributed by atoms with Gasteiger partial charge in [0.2, 0.25) is 10.4 Å². The van der Waals surface area contributed by atoms with Gasteiger partial charge >= 0.3 is 35.6 Å². The van der Waals surface area contributed by atoms with Gasteiger partial charge < -0.3 is 15.2 Å². The third-order valence-electron chi connectivity index (χ3n) is 3.72. The number of hydrogen-bond donors (Lipinski definition) is 1. The Morgan fingerprint density at radius 1 is 1.48 bits per heavy atom. The first-order chi connectivity index (χ1) is 11.3. The van der Waals surface area contributed by atoms with Crippen molar-refractivity contribution in [2.24, 2.45) is 10.7 Å². The predicted octanol–water partition coefficient (Wildman–Crippen LogP) is -3.70. The summed E-state index contributed by atoms with van der Waals surface area (Å²) < 4.78 is 36.4. The molecule has 0 unspecified atom stereocenters. The number of hydroxylamine groups is 2. The zero-order valence-corrected chi connectivity index (χ0v) is 16.7. The maximum absolute atomic E-state index is 12.2. The van der Waals surface area contributed by atoms with Gasteiger partial charge in [0, 0.05) is 11.9 Å². The summed E-state index contributed by atoms with van der Waals surface area (Å²) in [6.07, 6.45) is 0.707. The largest absolute Gasteiger partial charge is 1.00 e. The van der Waals surface area contributed by atoms with Crippen LogP contribution in [0.2, 0.25) is 0 Å². The summed E-state index contributed by atoms with van der Waals surface area (Å²) in [4.78, 5) is 32.9. The number of carbonyl (C=O) groups is 2. The molecule has 3 heterocycles. The molecule has 0 aliphatic carbocycles. The number of fused-ring (bicyclic) bond motifs is 2. The van der Waals surface area contributed by atoms with Crippen LogP contribution in [0.5, 0.6) is 0 Å². The van der Waals surface area contributed by atoms with E-state index in [-0.39, 0.29) is 47.6 Å². The summed E-state index contributed by atoms with van der Waals surface area (Å²) in [5.41, 5.74) is 7.47. The molecule has 0 spiro atoms. The number of urea groups is 1. The fourth-order valence-corrected chi connectivity index (χ4v) is 3.61. The number of rotatable bonds is 4. The van der Waals surface area contributed by atoms with Crippen LogP contribution in [-0.4, -0.2) is 64.3 Å². The Morgan fingerprint density at radius 2 is 2.20 bits per heavy atom. The summed E-state index contributed by atoms with van der Waals surface area (Å²) in [7, 11) is -5.06. The topological polar surface area (TPSA) is 158 Å². The molecular weight excluding hydrogens is 385 g/mol. The quantitative estimate of drug-likeness (QED) is 0.179. The van der Waals surface area contributed by atoms with E-state index < -0.39 is 34.4 Å². The second-order valence-corrected chi connectivity index (χ2v) is 6.89. The van der Waals surface area contributed by atoms with Crippen molar-refractivity contribution in [1.82, 2.24) is 14.9 Å². The molecule has 14 heteroatoms. The summed E-state index contributed by atoms with van der Waals surface area (Å²) in [5.74, 6) is -0.704. The van der Waals surface area contributed by atoms with Gasteiger partial charge in [0.15, 0.2) is 0 Å². The van der Waals surface area contributed by atoms with Gasteiger partial charge in [-0.1, -0.05) is 0 Å². The van der Waals surface area contributed by atoms with Crippen LogP contribution in [0.1, 0.15) is 23.3 Å². The third kappa shape index (κ3) is 4.36. The second-order valence-electron chi connectivity index (χ2n) is 5.21. The van der Waals surface area contributed by atoms with E-state index in [1.165, 1.54) is 27.1 Å². The van der Waals surface area contributed by atoms with Crippen molar-refractivity contribution >= 4 is 39.5 Å². The zero-order valence-electron chi connectivity index (χ0n) is 13.1. The molecule has 2 aliphatic heterocycles. The normalized spacial score (nSPS) is 23.6. The number of aromatic nitrogens is 1. The number of piperidine rings is 1. The Bertz CT molecular complexity index is 798. The van der Waals surface area contributed by atoms with Crippen molar-refractivity contribution in [3.8, 4) is 0 Å². The maximum Gasteiger partial charge on any atom is 1.00 e. The van der Waals surface area contributed by atoms with E-state index >= 15 is 0 Å². The molecule has 2 fully saturated rings. The molecule has 130 valence electrons. The number of aliphatic imine (C=N–C) groups is 1. The van der Waals surface area contributed by atoms with Gasteiger partial charge in [-0.05, 0) is 12.8 Å². The van der Waals surface area contributed by atoms with Crippen molar-refractivity contribution in [3.05, 3.63) is 16.6 Å². The van der Waals surface area contributed by atoms with Crippen LogP contribution >= 0.6 is 11.3 Å². The third-order valence-corrected chi connectivity index (χ3v) is 4.65. The number of nitrogens with two attached hydrogens (primary N) is 1. The van der Waals surface area contributed by atoms with Crippen LogP contribution in [-0.2, 0) is 14.7 Å². The first-order valence-corrected chi connectivity index (χ1v) is 9.05. The number of hydrogen-bond acceptors (Lipinski definition) is 8. The Kier molecular flexibility index (Phi) is 6.19. The van der Waals surface area contributed by atoms with E-state index in [1.54, 1.807) is 0 Å². The van der Waals surface area contributed by atoms with Crippen LogP contribution in [0.25, 0.3) is 0 Å². The molecule has 3 amide bonds. The van der Waals surface area contributed by atoms with Gasteiger partial charge in [-0.2, -0.15) is 14.3 Å². The molecule has 2 aliphatic rings. The Hall–Kier alpha value is -1.09. The minimum Gasteiger partial charge on any atom is -0.724 e.